The Morgan fingerprint density at radius 1 is 1.50 bits per heavy atom. The number of aryl methyl sites for hydroxylation is 1. The maximum atomic E-state index is 10.2. The molecule has 0 heterocycles. The van der Waals surface area contributed by atoms with Crippen LogP contribution in [0.2, 0.25) is 0 Å². The van der Waals surface area contributed by atoms with Gasteiger partial charge in [0, 0.05) is 5.56 Å². The van der Waals surface area contributed by atoms with Gasteiger partial charge in [-0.1, -0.05) is 11.8 Å². The summed E-state index contributed by atoms with van der Waals surface area (Å²) in [5.41, 5.74) is 1.58. The molecule has 0 saturated carbocycles. The fourth-order valence-corrected chi connectivity index (χ4v) is 1.00. The van der Waals surface area contributed by atoms with Crippen molar-refractivity contribution in [1.29, 1.82) is 0 Å². The van der Waals surface area contributed by atoms with Crippen LogP contribution in [-0.4, -0.2) is 16.2 Å². The Morgan fingerprint density at radius 2 is 2.21 bits per heavy atom. The average molecular weight is 190 g/mol. The van der Waals surface area contributed by atoms with Crippen LogP contribution in [0, 0.1) is 18.8 Å². The van der Waals surface area contributed by atoms with Crippen LogP contribution in [0.25, 0.3) is 0 Å². The van der Waals surface area contributed by atoms with Crippen LogP contribution in [0.4, 0.5) is 0 Å². The Bertz CT molecular complexity index is 410. The molecule has 0 saturated heterocycles. The largest absolute Gasteiger partial charge is 0.508 e. The summed E-state index contributed by atoms with van der Waals surface area (Å²) in [5, 5.41) is 17.5. The predicted octanol–water partition coefficient (Wildman–Crippen LogP) is 1.53. The molecule has 0 amide bonds. The van der Waals surface area contributed by atoms with Gasteiger partial charge in [-0.2, -0.15) is 0 Å². The Morgan fingerprint density at radius 3 is 2.79 bits per heavy atom. The Hall–Kier alpha value is -1.95. The number of carbonyl (C=O) groups is 1. The summed E-state index contributed by atoms with van der Waals surface area (Å²) < 4.78 is 0. The molecule has 0 aliphatic rings. The number of benzene rings is 1. The zero-order valence-electron chi connectivity index (χ0n) is 7.74. The third-order valence-electron chi connectivity index (χ3n) is 1.67. The number of phenols is 1. The van der Waals surface area contributed by atoms with Crippen molar-refractivity contribution in [3.63, 3.8) is 0 Å². The van der Waals surface area contributed by atoms with Crippen molar-refractivity contribution in [2.45, 2.75) is 13.3 Å². The number of rotatable bonds is 1. The lowest BCUT2D eigenvalue weighted by molar-refractivity contribution is -0.135. The molecular formula is C11H10O3. The second-order valence-corrected chi connectivity index (χ2v) is 2.87. The number of carboxylic acids is 1. The van der Waals surface area contributed by atoms with Gasteiger partial charge in [-0.3, -0.25) is 4.79 Å². The minimum atomic E-state index is -0.936. The van der Waals surface area contributed by atoms with E-state index in [4.69, 9.17) is 10.2 Å². The molecule has 0 bridgehead atoms. The van der Waals surface area contributed by atoms with E-state index >= 15 is 0 Å². The molecule has 0 radical (unpaired) electrons. The van der Waals surface area contributed by atoms with Gasteiger partial charge in [0.25, 0.3) is 0 Å². The highest BCUT2D eigenvalue weighted by Gasteiger charge is 1.95. The van der Waals surface area contributed by atoms with Crippen molar-refractivity contribution in [2.75, 3.05) is 0 Å². The van der Waals surface area contributed by atoms with E-state index in [1.807, 2.05) is 6.92 Å². The first kappa shape index (κ1) is 10.1. The molecule has 0 aliphatic heterocycles. The minimum absolute atomic E-state index is 0.166. The van der Waals surface area contributed by atoms with Crippen molar-refractivity contribution in [2.24, 2.45) is 0 Å². The number of hydrogen-bond donors (Lipinski definition) is 2. The predicted molar refractivity (Wildman–Crippen MR) is 52.0 cm³/mol. The van der Waals surface area contributed by atoms with E-state index in [-0.39, 0.29) is 12.2 Å². The van der Waals surface area contributed by atoms with Crippen molar-refractivity contribution >= 4 is 5.97 Å². The molecule has 0 unspecified atom stereocenters. The highest BCUT2D eigenvalue weighted by Crippen LogP contribution is 2.14. The summed E-state index contributed by atoms with van der Waals surface area (Å²) in [7, 11) is 0. The second-order valence-electron chi connectivity index (χ2n) is 2.87. The van der Waals surface area contributed by atoms with Gasteiger partial charge in [-0.15, -0.1) is 0 Å². The van der Waals surface area contributed by atoms with E-state index < -0.39 is 5.97 Å². The quantitative estimate of drug-likeness (QED) is 0.660. The van der Waals surface area contributed by atoms with E-state index in [2.05, 4.69) is 11.8 Å². The molecule has 72 valence electrons. The van der Waals surface area contributed by atoms with Crippen LogP contribution >= 0.6 is 0 Å². The number of aliphatic carboxylic acids is 1. The minimum Gasteiger partial charge on any atom is -0.508 e. The summed E-state index contributed by atoms with van der Waals surface area (Å²) in [4.78, 5) is 10.2. The molecule has 1 aromatic rings. The second kappa shape index (κ2) is 4.33. The van der Waals surface area contributed by atoms with Crippen molar-refractivity contribution in [3.05, 3.63) is 29.3 Å². The first-order chi connectivity index (χ1) is 6.59. The first-order valence-corrected chi connectivity index (χ1v) is 4.10. The van der Waals surface area contributed by atoms with Crippen LogP contribution in [0.15, 0.2) is 18.2 Å². The molecule has 1 aromatic carbocycles. The van der Waals surface area contributed by atoms with Gasteiger partial charge >= 0.3 is 5.97 Å². The maximum absolute atomic E-state index is 10.2. The highest BCUT2D eigenvalue weighted by molar-refractivity contribution is 5.70. The molecule has 0 atom stereocenters. The Labute approximate surface area is 82.0 Å². The average Bonchev–Trinajstić information content (AvgIpc) is 2.08. The van der Waals surface area contributed by atoms with Crippen LogP contribution in [0.3, 0.4) is 0 Å². The normalized spacial score (nSPS) is 8.93. The van der Waals surface area contributed by atoms with E-state index in [0.717, 1.165) is 11.1 Å². The molecule has 0 spiro atoms. The third kappa shape index (κ3) is 2.83. The molecule has 3 heteroatoms. The zero-order chi connectivity index (χ0) is 10.6. The van der Waals surface area contributed by atoms with E-state index in [1.54, 1.807) is 12.1 Å². The molecule has 3 nitrogen and oxygen atoms in total. The standard InChI is InChI=1S/C11H10O3/c1-8-7-10(12)6-5-9(8)3-2-4-11(13)14/h5-7,12H,4H2,1H3,(H,13,14). The molecule has 1 rings (SSSR count). The van der Waals surface area contributed by atoms with E-state index in [1.165, 1.54) is 6.07 Å². The number of phenolic OH excluding ortho intramolecular Hbond substituents is 1. The SMILES string of the molecule is Cc1cc(O)ccc1C#CCC(=O)O. The third-order valence-corrected chi connectivity index (χ3v) is 1.67. The van der Waals surface area contributed by atoms with Gasteiger partial charge in [-0.25, -0.2) is 0 Å². The van der Waals surface area contributed by atoms with Gasteiger partial charge in [0.2, 0.25) is 0 Å². The van der Waals surface area contributed by atoms with Gasteiger partial charge in [-0.05, 0) is 30.7 Å². The van der Waals surface area contributed by atoms with Crippen LogP contribution in [0.5, 0.6) is 5.75 Å². The summed E-state index contributed by atoms with van der Waals surface area (Å²) in [6.45, 7) is 1.81. The Kier molecular flexibility index (Phi) is 3.14. The van der Waals surface area contributed by atoms with Crippen molar-refractivity contribution < 1.29 is 15.0 Å². The lowest BCUT2D eigenvalue weighted by atomic mass is 10.1. The monoisotopic (exact) mass is 190 g/mol. The molecular weight excluding hydrogens is 180 g/mol. The molecule has 2 N–H and O–H groups in total. The smallest absolute Gasteiger partial charge is 0.315 e. The fourth-order valence-electron chi connectivity index (χ4n) is 1.00. The lowest BCUT2D eigenvalue weighted by Crippen LogP contribution is -1.90. The molecule has 0 aliphatic carbocycles. The van der Waals surface area contributed by atoms with E-state index in [9.17, 15) is 4.79 Å². The first-order valence-electron chi connectivity index (χ1n) is 4.10. The maximum Gasteiger partial charge on any atom is 0.315 e. The summed E-state index contributed by atoms with van der Waals surface area (Å²) in [6.07, 6.45) is -0.166. The zero-order valence-corrected chi connectivity index (χ0v) is 7.74. The number of aromatic hydroxyl groups is 1. The lowest BCUT2D eigenvalue weighted by Gasteiger charge is -1.97. The number of hydrogen-bond acceptors (Lipinski definition) is 2. The molecule has 0 fully saturated rings. The summed E-state index contributed by atoms with van der Waals surface area (Å²) in [6, 6.07) is 4.78. The number of carboxylic acid groups (broad SMARTS) is 1. The summed E-state index contributed by atoms with van der Waals surface area (Å²) >= 11 is 0. The van der Waals surface area contributed by atoms with Crippen LogP contribution in [-0.2, 0) is 4.79 Å². The molecule has 0 aromatic heterocycles. The van der Waals surface area contributed by atoms with Crippen LogP contribution in [0.1, 0.15) is 17.5 Å². The van der Waals surface area contributed by atoms with E-state index in [0.29, 0.717) is 0 Å². The van der Waals surface area contributed by atoms with Crippen molar-refractivity contribution in [1.82, 2.24) is 0 Å². The van der Waals surface area contributed by atoms with Gasteiger partial charge in [0.1, 0.15) is 12.2 Å². The van der Waals surface area contributed by atoms with Gasteiger partial charge in [0.05, 0.1) is 0 Å². The van der Waals surface area contributed by atoms with Gasteiger partial charge in [0.15, 0.2) is 0 Å². The highest BCUT2D eigenvalue weighted by atomic mass is 16.4. The topological polar surface area (TPSA) is 57.5 Å². The Balaban J connectivity index is 2.85. The fraction of sp³-hybridized carbons (Fsp3) is 0.182. The van der Waals surface area contributed by atoms with Gasteiger partial charge < -0.3 is 10.2 Å². The molecule has 14 heavy (non-hydrogen) atoms. The van der Waals surface area contributed by atoms with Crippen molar-refractivity contribution in [3.8, 4) is 17.6 Å². The summed E-state index contributed by atoms with van der Waals surface area (Å²) in [5.74, 6) is 4.51. The van der Waals surface area contributed by atoms with Crippen LogP contribution < -0.4 is 0 Å².